The quantitative estimate of drug-likeness (QED) is 0.887. The second-order valence-electron chi connectivity index (χ2n) is 4.62. The Balaban J connectivity index is 2.68. The summed E-state index contributed by atoms with van der Waals surface area (Å²) in [5.74, 6) is -0.988. The first-order valence-corrected chi connectivity index (χ1v) is 6.90. The Hall–Kier alpha value is -2.13. The van der Waals surface area contributed by atoms with Gasteiger partial charge >= 0.3 is 0 Å². The lowest BCUT2D eigenvalue weighted by Gasteiger charge is -2.26. The van der Waals surface area contributed by atoms with Crippen LogP contribution in [0, 0.1) is 17.1 Å². The van der Waals surface area contributed by atoms with Crippen molar-refractivity contribution >= 4 is 21.7 Å². The van der Waals surface area contributed by atoms with Crippen molar-refractivity contribution in [3.05, 3.63) is 56.8 Å². The summed E-state index contributed by atoms with van der Waals surface area (Å²) in [6, 6.07) is 6.31. The number of carbonyl (C=O) groups excluding carboxylic acids is 1. The summed E-state index contributed by atoms with van der Waals surface area (Å²) in [6.07, 6.45) is 0. The summed E-state index contributed by atoms with van der Waals surface area (Å²) >= 11 is 3.10. The number of ether oxygens (including phenoxy) is 1. The van der Waals surface area contributed by atoms with E-state index >= 15 is 0 Å². The first kappa shape index (κ1) is 15.3. The van der Waals surface area contributed by atoms with Gasteiger partial charge in [0.05, 0.1) is 10.4 Å². The topological polar surface area (TPSA) is 76.1 Å². The number of ketones is 1. The van der Waals surface area contributed by atoms with E-state index in [1.54, 1.807) is 6.92 Å². The summed E-state index contributed by atoms with van der Waals surface area (Å²) < 4.78 is 18.9. The van der Waals surface area contributed by atoms with Crippen LogP contribution in [-0.2, 0) is 9.53 Å². The SMILES string of the molecule is CC(=O)C1=C(C)OC(N)=C(C#N)[C@@H]1c1ccc(F)c(Br)c1. The molecule has 2 rings (SSSR count). The van der Waals surface area contributed by atoms with Crippen molar-refractivity contribution in [2.45, 2.75) is 19.8 Å². The Morgan fingerprint density at radius 2 is 2.19 bits per heavy atom. The van der Waals surface area contributed by atoms with E-state index in [-0.39, 0.29) is 21.7 Å². The molecule has 21 heavy (non-hydrogen) atoms. The van der Waals surface area contributed by atoms with E-state index in [1.165, 1.54) is 25.1 Å². The van der Waals surface area contributed by atoms with E-state index in [0.29, 0.717) is 16.9 Å². The van der Waals surface area contributed by atoms with E-state index in [4.69, 9.17) is 10.5 Å². The average Bonchev–Trinajstić information content (AvgIpc) is 2.40. The summed E-state index contributed by atoms with van der Waals surface area (Å²) in [6.45, 7) is 3.01. The first-order chi connectivity index (χ1) is 9.86. The molecule has 0 aromatic heterocycles. The molecular weight excluding hydrogens is 339 g/mol. The largest absolute Gasteiger partial charge is 0.445 e. The molecule has 2 N–H and O–H groups in total. The normalized spacial score (nSPS) is 18.3. The van der Waals surface area contributed by atoms with Crippen LogP contribution >= 0.6 is 15.9 Å². The molecule has 0 spiro atoms. The van der Waals surface area contributed by atoms with Crippen LogP contribution in [0.2, 0.25) is 0 Å². The molecule has 0 amide bonds. The van der Waals surface area contributed by atoms with Gasteiger partial charge in [0.15, 0.2) is 5.78 Å². The molecule has 1 aromatic carbocycles. The predicted molar refractivity (Wildman–Crippen MR) is 78.1 cm³/mol. The lowest BCUT2D eigenvalue weighted by Crippen LogP contribution is -2.23. The molecule has 0 bridgehead atoms. The summed E-state index contributed by atoms with van der Waals surface area (Å²) in [5, 5.41) is 9.32. The van der Waals surface area contributed by atoms with E-state index in [1.807, 2.05) is 6.07 Å². The molecular formula is C15H12BrFN2O2. The number of benzene rings is 1. The van der Waals surface area contributed by atoms with Gasteiger partial charge in [-0.2, -0.15) is 5.26 Å². The highest BCUT2D eigenvalue weighted by Gasteiger charge is 2.33. The van der Waals surface area contributed by atoms with Crippen LogP contribution < -0.4 is 5.73 Å². The molecule has 0 saturated carbocycles. The minimum Gasteiger partial charge on any atom is -0.445 e. The molecule has 0 fully saturated rings. The molecule has 0 saturated heterocycles. The third-order valence-corrected chi connectivity index (χ3v) is 3.87. The Kier molecular flexibility index (Phi) is 4.14. The number of allylic oxidation sites excluding steroid dienone is 3. The standard InChI is InChI=1S/C15H12BrFN2O2/c1-7(20)13-8(2)21-15(19)10(6-18)14(13)9-3-4-12(17)11(16)5-9/h3-5,14H,19H2,1-2H3/t14-/m0/s1. The zero-order chi connectivity index (χ0) is 15.7. The molecule has 0 aliphatic carbocycles. The van der Waals surface area contributed by atoms with Crippen LogP contribution in [0.25, 0.3) is 0 Å². The smallest absolute Gasteiger partial charge is 0.205 e. The van der Waals surface area contributed by atoms with E-state index in [2.05, 4.69) is 15.9 Å². The van der Waals surface area contributed by atoms with E-state index in [0.717, 1.165) is 0 Å². The van der Waals surface area contributed by atoms with Gasteiger partial charge in [0.25, 0.3) is 0 Å². The van der Waals surface area contributed by atoms with Gasteiger partial charge in [-0.3, -0.25) is 4.79 Å². The maximum Gasteiger partial charge on any atom is 0.205 e. The van der Waals surface area contributed by atoms with Crippen molar-refractivity contribution in [1.82, 2.24) is 0 Å². The van der Waals surface area contributed by atoms with Crippen molar-refractivity contribution in [3.63, 3.8) is 0 Å². The Bertz CT molecular complexity index is 732. The number of nitrogens with two attached hydrogens (primary N) is 1. The van der Waals surface area contributed by atoms with Crippen molar-refractivity contribution in [3.8, 4) is 6.07 Å². The lowest BCUT2D eigenvalue weighted by atomic mass is 9.81. The summed E-state index contributed by atoms with van der Waals surface area (Å²) in [5.41, 5.74) is 6.82. The highest BCUT2D eigenvalue weighted by Crippen LogP contribution is 2.40. The molecule has 108 valence electrons. The number of nitrogens with zero attached hydrogens (tertiary/aromatic N) is 1. The number of nitriles is 1. The van der Waals surface area contributed by atoms with Gasteiger partial charge in [-0.15, -0.1) is 0 Å². The first-order valence-electron chi connectivity index (χ1n) is 6.11. The Morgan fingerprint density at radius 1 is 1.52 bits per heavy atom. The van der Waals surface area contributed by atoms with Crippen LogP contribution in [0.5, 0.6) is 0 Å². The van der Waals surface area contributed by atoms with Crippen LogP contribution in [0.15, 0.2) is 45.5 Å². The zero-order valence-corrected chi connectivity index (χ0v) is 13.0. The number of carbonyl (C=O) groups is 1. The van der Waals surface area contributed by atoms with Gasteiger partial charge in [0, 0.05) is 5.57 Å². The third kappa shape index (κ3) is 2.69. The maximum atomic E-state index is 13.4. The van der Waals surface area contributed by atoms with Crippen LogP contribution in [0.3, 0.4) is 0 Å². The number of halogens is 2. The molecule has 0 radical (unpaired) electrons. The van der Waals surface area contributed by atoms with Gasteiger partial charge in [-0.05, 0) is 47.5 Å². The van der Waals surface area contributed by atoms with Gasteiger partial charge in [-0.1, -0.05) is 6.07 Å². The molecule has 4 nitrogen and oxygen atoms in total. The van der Waals surface area contributed by atoms with E-state index < -0.39 is 11.7 Å². The highest BCUT2D eigenvalue weighted by molar-refractivity contribution is 9.10. The molecule has 1 aliphatic heterocycles. The minimum absolute atomic E-state index is 0.0366. The van der Waals surface area contributed by atoms with Gasteiger partial charge in [-0.25, -0.2) is 4.39 Å². The van der Waals surface area contributed by atoms with Gasteiger partial charge < -0.3 is 10.5 Å². The third-order valence-electron chi connectivity index (χ3n) is 3.26. The molecule has 1 heterocycles. The van der Waals surface area contributed by atoms with Gasteiger partial charge in [0.2, 0.25) is 5.88 Å². The molecule has 0 unspecified atom stereocenters. The lowest BCUT2D eigenvalue weighted by molar-refractivity contribution is -0.114. The number of rotatable bonds is 2. The fourth-order valence-electron chi connectivity index (χ4n) is 2.36. The summed E-state index contributed by atoms with van der Waals surface area (Å²) in [7, 11) is 0. The van der Waals surface area contributed by atoms with Gasteiger partial charge in [0.1, 0.15) is 23.2 Å². The van der Waals surface area contributed by atoms with Crippen molar-refractivity contribution in [2.75, 3.05) is 0 Å². The molecule has 1 atom stereocenters. The van der Waals surface area contributed by atoms with E-state index in [9.17, 15) is 14.4 Å². The summed E-state index contributed by atoms with van der Waals surface area (Å²) in [4.78, 5) is 11.9. The fourth-order valence-corrected chi connectivity index (χ4v) is 2.76. The second kappa shape index (κ2) is 5.70. The van der Waals surface area contributed by atoms with Crippen LogP contribution in [0.4, 0.5) is 4.39 Å². The molecule has 6 heteroatoms. The van der Waals surface area contributed by atoms with Crippen molar-refractivity contribution in [2.24, 2.45) is 5.73 Å². The highest BCUT2D eigenvalue weighted by atomic mass is 79.9. The van der Waals surface area contributed by atoms with Crippen molar-refractivity contribution < 1.29 is 13.9 Å². The maximum absolute atomic E-state index is 13.4. The zero-order valence-electron chi connectivity index (χ0n) is 11.4. The van der Waals surface area contributed by atoms with Crippen molar-refractivity contribution in [1.29, 1.82) is 5.26 Å². The van der Waals surface area contributed by atoms with Crippen LogP contribution in [-0.4, -0.2) is 5.78 Å². The average molecular weight is 351 g/mol. The number of hydrogen-bond donors (Lipinski definition) is 1. The minimum atomic E-state index is -0.654. The Morgan fingerprint density at radius 3 is 2.71 bits per heavy atom. The second-order valence-corrected chi connectivity index (χ2v) is 5.48. The number of hydrogen-bond acceptors (Lipinski definition) is 4. The molecule has 1 aromatic rings. The fraction of sp³-hybridized carbons (Fsp3) is 0.200. The number of Topliss-reactive ketones (excluding diaryl/α,β-unsaturated/α-hetero) is 1. The molecule has 1 aliphatic rings. The monoisotopic (exact) mass is 350 g/mol. The predicted octanol–water partition coefficient (Wildman–Crippen LogP) is 3.26. The van der Waals surface area contributed by atoms with Crippen LogP contribution in [0.1, 0.15) is 25.3 Å². The Labute approximate surface area is 129 Å².